The third-order valence-corrected chi connectivity index (χ3v) is 5.58. The lowest BCUT2D eigenvalue weighted by molar-refractivity contribution is -0.140. The van der Waals surface area contributed by atoms with E-state index < -0.39 is 8.56 Å². The van der Waals surface area contributed by atoms with Gasteiger partial charge in [-0.25, -0.2) is 4.79 Å². The number of hydrogen-bond donors (Lipinski definition) is 0. The minimum absolute atomic E-state index is 0.259. The average molecular weight is 276 g/mol. The van der Waals surface area contributed by atoms with E-state index in [2.05, 4.69) is 6.58 Å². The van der Waals surface area contributed by atoms with Crippen molar-refractivity contribution in [2.75, 3.05) is 34.0 Å². The summed E-state index contributed by atoms with van der Waals surface area (Å²) >= 11 is 0. The molecule has 0 saturated heterocycles. The first-order chi connectivity index (χ1) is 8.45. The van der Waals surface area contributed by atoms with Gasteiger partial charge in [-0.3, -0.25) is 0 Å². The van der Waals surface area contributed by atoms with E-state index in [-0.39, 0.29) is 12.6 Å². The van der Waals surface area contributed by atoms with Gasteiger partial charge in [-0.05, 0) is 25.9 Å². The van der Waals surface area contributed by atoms with Crippen LogP contribution in [0.3, 0.4) is 0 Å². The molecular formula is C12H24O5Si. The molecule has 0 rings (SSSR count). The molecule has 0 aromatic heterocycles. The van der Waals surface area contributed by atoms with Crippen LogP contribution in [0.15, 0.2) is 12.2 Å². The van der Waals surface area contributed by atoms with Crippen LogP contribution in [-0.2, 0) is 23.1 Å². The first-order valence-electron chi connectivity index (χ1n) is 5.96. The Morgan fingerprint density at radius 2 is 1.78 bits per heavy atom. The Bertz CT molecular complexity index is 263. The van der Waals surface area contributed by atoms with Crippen LogP contribution < -0.4 is 0 Å². The molecule has 0 saturated carbocycles. The fourth-order valence-electron chi connectivity index (χ4n) is 1.20. The van der Waals surface area contributed by atoms with Crippen molar-refractivity contribution in [2.45, 2.75) is 25.9 Å². The first kappa shape index (κ1) is 17.3. The zero-order chi connectivity index (χ0) is 14.0. The van der Waals surface area contributed by atoms with Gasteiger partial charge in [0.1, 0.15) is 6.61 Å². The number of carbonyl (C=O) groups excluding carboxylic acids is 1. The Kier molecular flexibility index (Phi) is 8.91. The maximum atomic E-state index is 11.0. The minimum atomic E-state index is -1.98. The van der Waals surface area contributed by atoms with E-state index in [9.17, 15) is 4.79 Å². The third kappa shape index (κ3) is 7.60. The molecule has 0 N–H and O–H groups in total. The molecule has 6 heteroatoms. The second-order valence-corrected chi connectivity index (χ2v) is 7.76. The predicted octanol–water partition coefficient (Wildman–Crippen LogP) is 1.88. The molecule has 0 unspecified atom stereocenters. The Morgan fingerprint density at radius 3 is 2.28 bits per heavy atom. The lowest BCUT2D eigenvalue weighted by atomic mass is 10.4. The highest BCUT2D eigenvalue weighted by atomic mass is 28.4. The Morgan fingerprint density at radius 1 is 1.17 bits per heavy atom. The molecule has 0 aromatic carbocycles. The zero-order valence-electron chi connectivity index (χ0n) is 11.8. The summed E-state index contributed by atoms with van der Waals surface area (Å²) in [6.07, 6.45) is 0.874. The lowest BCUT2D eigenvalue weighted by Gasteiger charge is -2.22. The number of carbonyl (C=O) groups is 1. The van der Waals surface area contributed by atoms with Crippen LogP contribution in [0.1, 0.15) is 13.3 Å². The minimum Gasteiger partial charge on any atom is -0.460 e. The Hall–Kier alpha value is -0.693. The Labute approximate surface area is 110 Å². The highest BCUT2D eigenvalue weighted by Gasteiger charge is 2.27. The fourth-order valence-corrected chi connectivity index (χ4v) is 2.56. The quantitative estimate of drug-likeness (QED) is 0.264. The van der Waals surface area contributed by atoms with Gasteiger partial charge in [-0.1, -0.05) is 6.58 Å². The van der Waals surface area contributed by atoms with E-state index >= 15 is 0 Å². The number of ether oxygens (including phenoxy) is 2. The summed E-state index contributed by atoms with van der Waals surface area (Å²) in [7, 11) is 1.37. The van der Waals surface area contributed by atoms with Crippen LogP contribution in [-0.4, -0.2) is 48.6 Å². The molecule has 0 bridgehead atoms. The van der Waals surface area contributed by atoms with Crippen LogP contribution in [0.4, 0.5) is 0 Å². The van der Waals surface area contributed by atoms with Crippen molar-refractivity contribution in [3.63, 3.8) is 0 Å². The molecule has 0 aliphatic carbocycles. The van der Waals surface area contributed by atoms with Crippen molar-refractivity contribution in [1.29, 1.82) is 0 Å². The maximum absolute atomic E-state index is 11.0. The molecule has 0 amide bonds. The summed E-state index contributed by atoms with van der Waals surface area (Å²) in [5.41, 5.74) is 0.400. The first-order valence-corrected chi connectivity index (χ1v) is 8.48. The number of esters is 1. The second-order valence-electron chi connectivity index (χ2n) is 4.17. The lowest BCUT2D eigenvalue weighted by Crippen LogP contribution is -2.36. The summed E-state index contributed by atoms with van der Waals surface area (Å²) in [4.78, 5) is 11.0. The van der Waals surface area contributed by atoms with Crippen LogP contribution in [0, 0.1) is 0 Å². The fraction of sp³-hybridized carbons (Fsp3) is 0.750. The van der Waals surface area contributed by atoms with Gasteiger partial charge in [0.2, 0.25) is 0 Å². The zero-order valence-corrected chi connectivity index (χ0v) is 12.8. The van der Waals surface area contributed by atoms with Crippen LogP contribution >= 0.6 is 0 Å². The van der Waals surface area contributed by atoms with Crippen LogP contribution in [0.5, 0.6) is 0 Å². The smallest absolute Gasteiger partial charge is 0.334 e. The van der Waals surface area contributed by atoms with Gasteiger partial charge in [0.05, 0.1) is 6.61 Å². The molecule has 0 spiro atoms. The van der Waals surface area contributed by atoms with Gasteiger partial charge in [-0.15, -0.1) is 0 Å². The van der Waals surface area contributed by atoms with Crippen molar-refractivity contribution in [3.05, 3.63) is 12.2 Å². The van der Waals surface area contributed by atoms with E-state index in [1.54, 1.807) is 21.1 Å². The van der Waals surface area contributed by atoms with Crippen molar-refractivity contribution in [1.82, 2.24) is 0 Å². The van der Waals surface area contributed by atoms with Crippen molar-refractivity contribution in [2.24, 2.45) is 0 Å². The van der Waals surface area contributed by atoms with Crippen molar-refractivity contribution >= 4 is 14.5 Å². The summed E-state index contributed by atoms with van der Waals surface area (Å²) in [5.74, 6) is -0.377. The topological polar surface area (TPSA) is 54.0 Å². The van der Waals surface area contributed by atoms with Gasteiger partial charge >= 0.3 is 14.5 Å². The standard InChI is InChI=1S/C12H24O5Si/c1-11(2)12(13)17-9-8-16-7-6-10-18(5,14-3)15-4/h1,6-10H2,2-5H3. The molecule has 106 valence electrons. The number of hydrogen-bond acceptors (Lipinski definition) is 5. The molecular weight excluding hydrogens is 252 g/mol. The monoisotopic (exact) mass is 276 g/mol. The van der Waals surface area contributed by atoms with Crippen LogP contribution in [0.2, 0.25) is 12.6 Å². The summed E-state index contributed by atoms with van der Waals surface area (Å²) < 4.78 is 21.0. The van der Waals surface area contributed by atoms with Crippen molar-refractivity contribution < 1.29 is 23.1 Å². The SMILES string of the molecule is C=C(C)C(=O)OCCOCCC[Si](C)(OC)OC. The van der Waals surface area contributed by atoms with Crippen molar-refractivity contribution in [3.8, 4) is 0 Å². The largest absolute Gasteiger partial charge is 0.460 e. The molecule has 0 heterocycles. The average Bonchev–Trinajstić information content (AvgIpc) is 2.36. The molecule has 18 heavy (non-hydrogen) atoms. The molecule has 0 fully saturated rings. The molecule has 0 aliphatic heterocycles. The van der Waals surface area contributed by atoms with Crippen LogP contribution in [0.25, 0.3) is 0 Å². The van der Waals surface area contributed by atoms with E-state index in [0.29, 0.717) is 18.8 Å². The van der Waals surface area contributed by atoms with E-state index in [4.69, 9.17) is 18.3 Å². The summed E-state index contributed by atoms with van der Waals surface area (Å²) in [5, 5.41) is 0. The summed E-state index contributed by atoms with van der Waals surface area (Å²) in [6, 6.07) is 0.881. The maximum Gasteiger partial charge on any atom is 0.334 e. The highest BCUT2D eigenvalue weighted by molar-refractivity contribution is 6.65. The van der Waals surface area contributed by atoms with Gasteiger partial charge in [0.15, 0.2) is 0 Å². The second kappa shape index (κ2) is 9.27. The van der Waals surface area contributed by atoms with E-state index in [0.717, 1.165) is 12.5 Å². The third-order valence-electron chi connectivity index (χ3n) is 2.59. The van der Waals surface area contributed by atoms with E-state index in [1.807, 2.05) is 6.55 Å². The number of rotatable bonds is 10. The van der Waals surface area contributed by atoms with Gasteiger partial charge in [0.25, 0.3) is 0 Å². The molecule has 0 atom stereocenters. The van der Waals surface area contributed by atoms with Gasteiger partial charge in [-0.2, -0.15) is 0 Å². The van der Waals surface area contributed by atoms with Gasteiger partial charge in [0, 0.05) is 26.4 Å². The highest BCUT2D eigenvalue weighted by Crippen LogP contribution is 2.13. The molecule has 0 radical (unpaired) electrons. The molecule has 0 aromatic rings. The van der Waals surface area contributed by atoms with Gasteiger partial charge < -0.3 is 18.3 Å². The normalized spacial score (nSPS) is 11.3. The molecule has 0 aliphatic rings. The Balaban J connectivity index is 3.47. The predicted molar refractivity (Wildman–Crippen MR) is 71.7 cm³/mol. The summed E-state index contributed by atoms with van der Waals surface area (Å²) in [6.45, 7) is 8.39. The molecule has 5 nitrogen and oxygen atoms in total. The van der Waals surface area contributed by atoms with E-state index in [1.165, 1.54) is 0 Å².